The summed E-state index contributed by atoms with van der Waals surface area (Å²) < 4.78 is 5.07. The van der Waals surface area contributed by atoms with E-state index in [0.717, 1.165) is 19.3 Å². The van der Waals surface area contributed by atoms with Crippen LogP contribution in [0, 0.1) is 0 Å². The smallest absolute Gasteiger partial charge is 0.407 e. The van der Waals surface area contributed by atoms with Crippen molar-refractivity contribution < 1.29 is 11.0 Å². The van der Waals surface area contributed by atoms with E-state index in [4.69, 9.17) is 4.74 Å². The first-order valence-electron chi connectivity index (χ1n) is 5.92. The van der Waals surface area contributed by atoms with Gasteiger partial charge in [-0.1, -0.05) is 33.6 Å². The van der Waals surface area contributed by atoms with Gasteiger partial charge in [-0.15, -0.1) is 0 Å². The fraction of sp³-hybridized carbons (Fsp3) is 0.917. The lowest BCUT2D eigenvalue weighted by molar-refractivity contribution is 0.0527. The molecule has 0 radical (unpaired) electrons. The lowest BCUT2D eigenvalue weighted by Gasteiger charge is -2.19. The summed E-state index contributed by atoms with van der Waals surface area (Å²) in [6.45, 7) is 12.4. The molecule has 0 fully saturated rings. The molecule has 15 heavy (non-hydrogen) atoms. The van der Waals surface area contributed by atoms with Gasteiger partial charge in [0.05, 0.1) is 0 Å². The highest BCUT2D eigenvalue weighted by Gasteiger charge is 2.15. The second-order valence-electron chi connectivity index (χ2n) is 4.14. The Labute approximate surface area is 96.1 Å². The zero-order valence-electron chi connectivity index (χ0n) is 11.1. The maximum Gasteiger partial charge on any atom is 0.407 e. The average molecular weight is 219 g/mol. The molecule has 0 aromatic heterocycles. The normalized spacial score (nSPS) is 10.0. The van der Waals surface area contributed by atoms with E-state index in [1.54, 1.807) is 0 Å². The van der Waals surface area contributed by atoms with Crippen LogP contribution in [0.4, 0.5) is 4.79 Å². The molecule has 0 aromatic rings. The standard InChI is InChI=1S/C10H21NO2.C2H6.H2/c1-5-6-7-8-11-9(12)13-10(2,3)4;1-2;/h5-8H2,1-4H3,(H,11,12);1-2H3;1H. The van der Waals surface area contributed by atoms with Crippen LogP contribution in [-0.4, -0.2) is 18.2 Å². The van der Waals surface area contributed by atoms with Gasteiger partial charge in [-0.25, -0.2) is 4.79 Å². The third-order valence-corrected chi connectivity index (χ3v) is 1.45. The molecule has 0 aliphatic rings. The van der Waals surface area contributed by atoms with Crippen molar-refractivity contribution in [2.45, 2.75) is 66.4 Å². The third kappa shape index (κ3) is 16.0. The highest BCUT2D eigenvalue weighted by Crippen LogP contribution is 2.06. The summed E-state index contributed by atoms with van der Waals surface area (Å²) in [7, 11) is 0. The number of hydrogen-bond acceptors (Lipinski definition) is 2. The molecule has 94 valence electrons. The number of hydrogen-bond donors (Lipinski definition) is 1. The summed E-state index contributed by atoms with van der Waals surface area (Å²) in [4.78, 5) is 11.1. The number of alkyl carbamates (subject to hydrolysis) is 1. The predicted molar refractivity (Wildman–Crippen MR) is 67.2 cm³/mol. The fourth-order valence-electron chi connectivity index (χ4n) is 0.880. The molecule has 0 aliphatic carbocycles. The molecule has 3 heteroatoms. The van der Waals surface area contributed by atoms with Crippen LogP contribution < -0.4 is 5.32 Å². The van der Waals surface area contributed by atoms with Gasteiger partial charge in [-0.05, 0) is 27.2 Å². The average Bonchev–Trinajstić information content (AvgIpc) is 2.13. The van der Waals surface area contributed by atoms with E-state index in [2.05, 4.69) is 12.2 Å². The van der Waals surface area contributed by atoms with Crippen molar-refractivity contribution in [3.8, 4) is 0 Å². The summed E-state index contributed by atoms with van der Waals surface area (Å²) >= 11 is 0. The molecule has 0 bridgehead atoms. The van der Waals surface area contributed by atoms with Gasteiger partial charge in [0.15, 0.2) is 0 Å². The molecule has 0 saturated carbocycles. The van der Waals surface area contributed by atoms with Gasteiger partial charge >= 0.3 is 6.09 Å². The van der Waals surface area contributed by atoms with E-state index in [0.29, 0.717) is 6.54 Å². The molecule has 1 N–H and O–H groups in total. The summed E-state index contributed by atoms with van der Waals surface area (Å²) in [5.41, 5.74) is -0.394. The first-order valence-corrected chi connectivity index (χ1v) is 5.92. The van der Waals surface area contributed by atoms with Crippen molar-refractivity contribution in [3.63, 3.8) is 0 Å². The maximum atomic E-state index is 11.1. The number of nitrogens with one attached hydrogen (secondary N) is 1. The van der Waals surface area contributed by atoms with Crippen molar-refractivity contribution in [1.29, 1.82) is 0 Å². The first-order chi connectivity index (χ1) is 6.95. The molecule has 0 heterocycles. The Balaban J connectivity index is -0.000000529. The third-order valence-electron chi connectivity index (χ3n) is 1.45. The van der Waals surface area contributed by atoms with Gasteiger partial charge in [-0.2, -0.15) is 0 Å². The maximum absolute atomic E-state index is 11.1. The number of carbonyl (C=O) groups is 1. The number of rotatable bonds is 4. The Morgan fingerprint density at radius 3 is 2.20 bits per heavy atom. The van der Waals surface area contributed by atoms with Crippen molar-refractivity contribution in [2.24, 2.45) is 0 Å². The molecular formula is C12H29NO2. The van der Waals surface area contributed by atoms with E-state index in [1.807, 2.05) is 34.6 Å². The summed E-state index contributed by atoms with van der Waals surface area (Å²) in [6, 6.07) is 0. The zero-order valence-corrected chi connectivity index (χ0v) is 11.1. The Kier molecular flexibility index (Phi) is 10.9. The molecule has 0 rings (SSSR count). The molecule has 0 aliphatic heterocycles. The Morgan fingerprint density at radius 1 is 1.27 bits per heavy atom. The van der Waals surface area contributed by atoms with Gasteiger partial charge in [0.2, 0.25) is 0 Å². The molecule has 0 spiro atoms. The second-order valence-corrected chi connectivity index (χ2v) is 4.14. The minimum absolute atomic E-state index is 0. The Morgan fingerprint density at radius 2 is 1.80 bits per heavy atom. The van der Waals surface area contributed by atoms with Crippen LogP contribution in [-0.2, 0) is 4.74 Å². The quantitative estimate of drug-likeness (QED) is 0.726. The van der Waals surface area contributed by atoms with Gasteiger partial charge in [0.25, 0.3) is 0 Å². The van der Waals surface area contributed by atoms with Crippen molar-refractivity contribution in [1.82, 2.24) is 5.32 Å². The molecule has 0 atom stereocenters. The van der Waals surface area contributed by atoms with Crippen LogP contribution in [0.1, 0.15) is 62.2 Å². The largest absolute Gasteiger partial charge is 0.444 e. The number of unbranched alkanes of at least 4 members (excludes halogenated alkanes) is 2. The molecule has 0 unspecified atom stereocenters. The monoisotopic (exact) mass is 219 g/mol. The molecule has 1 amide bonds. The molecule has 0 saturated heterocycles. The van der Waals surface area contributed by atoms with Gasteiger partial charge in [0.1, 0.15) is 5.60 Å². The molecule has 0 aromatic carbocycles. The SMILES string of the molecule is CC.CCCCCNC(=O)OC(C)(C)C.[HH]. The minimum atomic E-state index is -0.394. The second kappa shape index (κ2) is 9.81. The van der Waals surface area contributed by atoms with Crippen molar-refractivity contribution in [3.05, 3.63) is 0 Å². The van der Waals surface area contributed by atoms with Crippen molar-refractivity contribution >= 4 is 6.09 Å². The summed E-state index contributed by atoms with van der Waals surface area (Å²) in [6.07, 6.45) is 3.02. The Bertz CT molecular complexity index is 156. The van der Waals surface area contributed by atoms with Crippen LogP contribution in [0.15, 0.2) is 0 Å². The van der Waals surface area contributed by atoms with Gasteiger partial charge in [-0.3, -0.25) is 0 Å². The minimum Gasteiger partial charge on any atom is -0.444 e. The molecule has 3 nitrogen and oxygen atoms in total. The van der Waals surface area contributed by atoms with E-state index < -0.39 is 5.60 Å². The first kappa shape index (κ1) is 16.7. The van der Waals surface area contributed by atoms with Gasteiger partial charge < -0.3 is 10.1 Å². The highest BCUT2D eigenvalue weighted by molar-refractivity contribution is 5.67. The van der Waals surface area contributed by atoms with Gasteiger partial charge in [0, 0.05) is 7.97 Å². The number of carbonyl (C=O) groups excluding carboxylic acids is 1. The van der Waals surface area contributed by atoms with Crippen LogP contribution in [0.25, 0.3) is 0 Å². The summed E-state index contributed by atoms with van der Waals surface area (Å²) in [5.74, 6) is 0. The van der Waals surface area contributed by atoms with Crippen LogP contribution in [0.3, 0.4) is 0 Å². The lowest BCUT2D eigenvalue weighted by atomic mass is 10.2. The lowest BCUT2D eigenvalue weighted by Crippen LogP contribution is -2.32. The number of amides is 1. The zero-order chi connectivity index (χ0) is 12.3. The van der Waals surface area contributed by atoms with Crippen molar-refractivity contribution in [2.75, 3.05) is 6.54 Å². The highest BCUT2D eigenvalue weighted by atomic mass is 16.6. The fourth-order valence-corrected chi connectivity index (χ4v) is 0.880. The van der Waals surface area contributed by atoms with E-state index in [-0.39, 0.29) is 7.52 Å². The van der Waals surface area contributed by atoms with E-state index >= 15 is 0 Å². The predicted octanol–water partition coefficient (Wildman–Crippen LogP) is 3.97. The number of ether oxygens (including phenoxy) is 1. The molecular weight excluding hydrogens is 190 g/mol. The summed E-state index contributed by atoms with van der Waals surface area (Å²) in [5, 5.41) is 2.71. The van der Waals surface area contributed by atoms with E-state index in [9.17, 15) is 4.79 Å². The van der Waals surface area contributed by atoms with Crippen LogP contribution in [0.2, 0.25) is 0 Å². The topological polar surface area (TPSA) is 38.3 Å². The van der Waals surface area contributed by atoms with Crippen LogP contribution >= 0.6 is 0 Å². The van der Waals surface area contributed by atoms with E-state index in [1.165, 1.54) is 0 Å². The Hall–Kier alpha value is -0.730. The van der Waals surface area contributed by atoms with Crippen LogP contribution in [0.5, 0.6) is 0 Å².